The van der Waals surface area contributed by atoms with E-state index in [-0.39, 0.29) is 32.7 Å². The second-order valence-electron chi connectivity index (χ2n) is 1.96. The molecule has 0 unspecified atom stereocenters. The number of hydrogen-bond donors (Lipinski definition) is 0. The summed E-state index contributed by atoms with van der Waals surface area (Å²) in [7, 11) is 0. The third-order valence-corrected chi connectivity index (χ3v) is 0.750. The van der Waals surface area contributed by atoms with Crippen molar-refractivity contribution in [2.45, 2.75) is 33.6 Å². The van der Waals surface area contributed by atoms with E-state index in [2.05, 4.69) is 20.8 Å². The molecule has 0 N–H and O–H groups in total. The average molecular weight is 174 g/mol. The maximum atomic E-state index is 2.20. The summed E-state index contributed by atoms with van der Waals surface area (Å²) in [5.41, 5.74) is 0. The van der Waals surface area contributed by atoms with Crippen molar-refractivity contribution in [3.63, 3.8) is 0 Å². The van der Waals surface area contributed by atoms with Gasteiger partial charge in [0.1, 0.15) is 0 Å². The van der Waals surface area contributed by atoms with Gasteiger partial charge in [-0.15, -0.1) is 0 Å². The molecule has 38 valence electrons. The fourth-order valence-electron chi connectivity index (χ4n) is 0.500. The summed E-state index contributed by atoms with van der Waals surface area (Å²) < 4.78 is 0. The standard InChI is InChI=1S/C6H13.Y/c1-4-5-6(2)3;/h4-5H2,1-3H3;/q-1;+3. The van der Waals surface area contributed by atoms with Crippen LogP contribution in [0.15, 0.2) is 0 Å². The Kier molecular flexibility index (Phi) is 11.1. The molecule has 0 saturated heterocycles. The second kappa shape index (κ2) is 7.10. The van der Waals surface area contributed by atoms with Gasteiger partial charge >= 0.3 is 32.7 Å². The molecule has 0 aromatic carbocycles. The van der Waals surface area contributed by atoms with Gasteiger partial charge in [0.15, 0.2) is 0 Å². The predicted molar refractivity (Wildman–Crippen MR) is 29.5 cm³/mol. The van der Waals surface area contributed by atoms with E-state index >= 15 is 0 Å². The largest absolute Gasteiger partial charge is 3.00 e. The van der Waals surface area contributed by atoms with E-state index in [1.165, 1.54) is 18.8 Å². The van der Waals surface area contributed by atoms with Gasteiger partial charge in [0, 0.05) is 0 Å². The van der Waals surface area contributed by atoms with Crippen LogP contribution in [-0.4, -0.2) is 0 Å². The molecule has 1 heteroatoms. The molecule has 0 saturated carbocycles. The van der Waals surface area contributed by atoms with Gasteiger partial charge in [-0.3, -0.25) is 0 Å². The molecule has 0 atom stereocenters. The molecule has 0 heterocycles. The van der Waals surface area contributed by atoms with Crippen LogP contribution >= 0.6 is 0 Å². The van der Waals surface area contributed by atoms with Crippen LogP contribution in [0, 0.1) is 5.92 Å². The molecule has 0 aromatic rings. The molecule has 0 aliphatic carbocycles. The van der Waals surface area contributed by atoms with Crippen LogP contribution in [0.5, 0.6) is 0 Å². The van der Waals surface area contributed by atoms with E-state index in [4.69, 9.17) is 0 Å². The van der Waals surface area contributed by atoms with Crippen LogP contribution < -0.4 is 0 Å². The number of rotatable bonds is 2. The van der Waals surface area contributed by atoms with Crippen LogP contribution in [0.25, 0.3) is 0 Å². The molecule has 0 aliphatic rings. The van der Waals surface area contributed by atoms with Crippen molar-refractivity contribution in [3.05, 3.63) is 5.92 Å². The van der Waals surface area contributed by atoms with Crippen molar-refractivity contribution in [1.82, 2.24) is 0 Å². The van der Waals surface area contributed by atoms with E-state index in [1.54, 1.807) is 0 Å². The normalized spacial score (nSPS) is 8.57. The molecule has 7 heavy (non-hydrogen) atoms. The average Bonchev–Trinajstić information content (AvgIpc) is 1.35. The van der Waals surface area contributed by atoms with Gasteiger partial charge in [-0.2, -0.15) is 20.3 Å². The first-order valence-corrected chi connectivity index (χ1v) is 2.56. The minimum atomic E-state index is 0. The first-order valence-electron chi connectivity index (χ1n) is 2.56. The summed E-state index contributed by atoms with van der Waals surface area (Å²) >= 11 is 0. The molecule has 0 amide bonds. The zero-order chi connectivity index (χ0) is 4.99. The van der Waals surface area contributed by atoms with Crippen molar-refractivity contribution in [2.24, 2.45) is 0 Å². The van der Waals surface area contributed by atoms with Crippen LogP contribution in [0.3, 0.4) is 0 Å². The summed E-state index contributed by atoms with van der Waals surface area (Å²) in [6.07, 6.45) is 2.59. The molecule has 0 rings (SSSR count). The van der Waals surface area contributed by atoms with Gasteiger partial charge in [0.05, 0.1) is 0 Å². The molecule has 0 radical (unpaired) electrons. The Balaban J connectivity index is 0. The molecule has 0 fully saturated rings. The first-order chi connectivity index (χ1) is 2.77. The van der Waals surface area contributed by atoms with Crippen LogP contribution in [0.1, 0.15) is 33.6 Å². The van der Waals surface area contributed by atoms with Crippen LogP contribution in [0.2, 0.25) is 0 Å². The molecule has 0 bridgehead atoms. The predicted octanol–water partition coefficient (Wildman–Crippen LogP) is 2.40. The van der Waals surface area contributed by atoms with Gasteiger partial charge < -0.3 is 5.92 Å². The minimum absolute atomic E-state index is 0. The molecule has 0 nitrogen and oxygen atoms in total. The zero-order valence-corrected chi connectivity index (χ0v) is 8.33. The second-order valence-corrected chi connectivity index (χ2v) is 1.96. The molecule has 0 aliphatic heterocycles. The van der Waals surface area contributed by atoms with E-state index in [0.29, 0.717) is 0 Å². The first kappa shape index (κ1) is 11.0. The summed E-state index contributed by atoms with van der Waals surface area (Å²) in [4.78, 5) is 0. The van der Waals surface area contributed by atoms with Crippen molar-refractivity contribution < 1.29 is 32.7 Å². The summed E-state index contributed by atoms with van der Waals surface area (Å²) in [5.74, 6) is 1.54. The van der Waals surface area contributed by atoms with Gasteiger partial charge in [-0.1, -0.05) is 13.3 Å². The molecule has 0 spiro atoms. The zero-order valence-electron chi connectivity index (χ0n) is 5.49. The maximum absolute atomic E-state index is 2.20. The van der Waals surface area contributed by atoms with Crippen molar-refractivity contribution in [3.8, 4) is 0 Å². The van der Waals surface area contributed by atoms with Crippen LogP contribution in [0.4, 0.5) is 0 Å². The van der Waals surface area contributed by atoms with Crippen molar-refractivity contribution in [1.29, 1.82) is 0 Å². The molecule has 0 aromatic heterocycles. The van der Waals surface area contributed by atoms with E-state index in [0.717, 1.165) is 0 Å². The minimum Gasteiger partial charge on any atom is -0.320 e. The number of hydrogen-bond acceptors (Lipinski definition) is 0. The smallest absolute Gasteiger partial charge is 0.320 e. The SMILES string of the molecule is CCC[C-](C)C.[Y+3]. The van der Waals surface area contributed by atoms with E-state index in [9.17, 15) is 0 Å². The monoisotopic (exact) mass is 174 g/mol. The Hall–Kier alpha value is 1.10. The topological polar surface area (TPSA) is 0 Å². The Labute approximate surface area is 71.9 Å². The fraction of sp³-hybridized carbons (Fsp3) is 0.833. The van der Waals surface area contributed by atoms with E-state index in [1.807, 2.05) is 0 Å². The van der Waals surface area contributed by atoms with Crippen molar-refractivity contribution >= 4 is 0 Å². The Morgan fingerprint density at radius 2 is 1.71 bits per heavy atom. The Bertz CT molecular complexity index is 25.4. The van der Waals surface area contributed by atoms with E-state index < -0.39 is 0 Å². The third-order valence-electron chi connectivity index (χ3n) is 0.750. The summed E-state index contributed by atoms with van der Waals surface area (Å²) in [5, 5.41) is 0. The quantitative estimate of drug-likeness (QED) is 0.564. The van der Waals surface area contributed by atoms with Gasteiger partial charge in [0.2, 0.25) is 0 Å². The maximum Gasteiger partial charge on any atom is 3.00 e. The summed E-state index contributed by atoms with van der Waals surface area (Å²) in [6, 6.07) is 0. The van der Waals surface area contributed by atoms with Gasteiger partial charge in [0.25, 0.3) is 0 Å². The Morgan fingerprint density at radius 3 is 1.71 bits per heavy atom. The van der Waals surface area contributed by atoms with Crippen molar-refractivity contribution in [2.75, 3.05) is 0 Å². The molecular weight excluding hydrogens is 161 g/mol. The van der Waals surface area contributed by atoms with Crippen LogP contribution in [-0.2, 0) is 32.7 Å². The fourth-order valence-corrected chi connectivity index (χ4v) is 0.500. The third kappa shape index (κ3) is 11.0. The Morgan fingerprint density at radius 1 is 1.29 bits per heavy atom. The van der Waals surface area contributed by atoms with Gasteiger partial charge in [-0.05, 0) is 0 Å². The van der Waals surface area contributed by atoms with Gasteiger partial charge in [-0.25, -0.2) is 0 Å². The summed E-state index contributed by atoms with van der Waals surface area (Å²) in [6.45, 7) is 6.54. The molecular formula is C6H13Y+2.